The van der Waals surface area contributed by atoms with E-state index < -0.39 is 0 Å². The number of Topliss-reactive ketones (excluding diaryl/α,β-unsaturated/α-hetero) is 1. The van der Waals surface area contributed by atoms with Gasteiger partial charge in [-0.2, -0.15) is 0 Å². The fourth-order valence-corrected chi connectivity index (χ4v) is 2.00. The molecule has 1 heterocycles. The van der Waals surface area contributed by atoms with E-state index in [1.54, 1.807) is 18.2 Å². The first-order valence-electron chi connectivity index (χ1n) is 5.49. The summed E-state index contributed by atoms with van der Waals surface area (Å²) in [6.07, 6.45) is 0. The average Bonchev–Trinajstić information content (AvgIpc) is 2.68. The Morgan fingerprint density at radius 2 is 1.83 bits per heavy atom. The van der Waals surface area contributed by atoms with Crippen molar-refractivity contribution in [3.8, 4) is 0 Å². The van der Waals surface area contributed by atoms with Crippen molar-refractivity contribution in [2.24, 2.45) is 4.99 Å². The van der Waals surface area contributed by atoms with Gasteiger partial charge in [-0.05, 0) is 30.3 Å². The summed E-state index contributed by atoms with van der Waals surface area (Å²) in [6.45, 7) is 0. The predicted octanol–water partition coefficient (Wildman–Crippen LogP) is 3.68. The van der Waals surface area contributed by atoms with E-state index in [0.29, 0.717) is 22.1 Å². The maximum Gasteiger partial charge on any atom is 0.230 e. The summed E-state index contributed by atoms with van der Waals surface area (Å²) in [5.74, 6) is 0.204. The molecule has 2 aromatic rings. The molecule has 1 aliphatic heterocycles. The van der Waals surface area contributed by atoms with Gasteiger partial charge >= 0.3 is 0 Å². The van der Waals surface area contributed by atoms with E-state index in [0.717, 1.165) is 5.69 Å². The molecular formula is C14H9ClN2O. The fourth-order valence-electron chi connectivity index (χ4n) is 1.83. The number of para-hydroxylation sites is 1. The number of nitrogens with zero attached hydrogens (tertiary/aromatic N) is 1. The number of carbonyl (C=O) groups is 1. The molecule has 18 heavy (non-hydrogen) atoms. The van der Waals surface area contributed by atoms with Crippen molar-refractivity contribution in [2.75, 3.05) is 5.32 Å². The molecule has 0 aromatic heterocycles. The molecule has 1 N–H and O–H groups in total. The van der Waals surface area contributed by atoms with Gasteiger partial charge in [0, 0.05) is 10.7 Å². The van der Waals surface area contributed by atoms with Crippen molar-refractivity contribution in [3.63, 3.8) is 0 Å². The summed E-state index contributed by atoms with van der Waals surface area (Å²) >= 11 is 5.87. The SMILES string of the molecule is O=C1C(Nc2ccccc2)=Nc2ccc(Cl)cc21. The van der Waals surface area contributed by atoms with Gasteiger partial charge in [0.1, 0.15) is 0 Å². The zero-order chi connectivity index (χ0) is 12.5. The van der Waals surface area contributed by atoms with Gasteiger partial charge in [-0.1, -0.05) is 29.8 Å². The lowest BCUT2D eigenvalue weighted by atomic mass is 10.1. The average molecular weight is 257 g/mol. The van der Waals surface area contributed by atoms with Crippen LogP contribution < -0.4 is 5.32 Å². The molecule has 4 heteroatoms. The number of hydrogen-bond acceptors (Lipinski definition) is 3. The van der Waals surface area contributed by atoms with Crippen LogP contribution in [0.1, 0.15) is 10.4 Å². The molecular weight excluding hydrogens is 248 g/mol. The van der Waals surface area contributed by atoms with Crippen LogP contribution in [-0.2, 0) is 0 Å². The number of carbonyl (C=O) groups excluding carboxylic acids is 1. The van der Waals surface area contributed by atoms with Crippen molar-refractivity contribution < 1.29 is 4.79 Å². The minimum Gasteiger partial charge on any atom is -0.337 e. The summed E-state index contributed by atoms with van der Waals surface area (Å²) < 4.78 is 0. The van der Waals surface area contributed by atoms with Gasteiger partial charge in [0.15, 0.2) is 5.84 Å². The molecule has 0 saturated carbocycles. The molecule has 0 amide bonds. The summed E-state index contributed by atoms with van der Waals surface area (Å²) in [5.41, 5.74) is 2.03. The Bertz CT molecular complexity index is 650. The number of halogens is 1. The van der Waals surface area contributed by atoms with E-state index in [9.17, 15) is 4.79 Å². The summed E-state index contributed by atoms with van der Waals surface area (Å²) in [7, 11) is 0. The zero-order valence-electron chi connectivity index (χ0n) is 9.35. The molecule has 1 aliphatic rings. The standard InChI is InChI=1S/C14H9ClN2O/c15-9-6-7-12-11(8-9)13(18)14(17-12)16-10-4-2-1-3-5-10/h1-8H,(H,16,17,18). The van der Waals surface area contributed by atoms with Crippen LogP contribution in [0.15, 0.2) is 53.5 Å². The molecule has 0 bridgehead atoms. The monoisotopic (exact) mass is 256 g/mol. The van der Waals surface area contributed by atoms with Crippen molar-refractivity contribution in [1.29, 1.82) is 0 Å². The smallest absolute Gasteiger partial charge is 0.230 e. The number of nitrogens with one attached hydrogen (secondary N) is 1. The van der Waals surface area contributed by atoms with Crippen molar-refractivity contribution >= 4 is 34.6 Å². The quantitative estimate of drug-likeness (QED) is 0.846. The third-order valence-electron chi connectivity index (χ3n) is 2.69. The van der Waals surface area contributed by atoms with Gasteiger partial charge in [0.05, 0.1) is 11.3 Å². The molecule has 3 rings (SSSR count). The molecule has 0 spiro atoms. The van der Waals surface area contributed by atoms with Crippen LogP contribution in [0.5, 0.6) is 0 Å². The number of amidine groups is 1. The number of ketones is 1. The van der Waals surface area contributed by atoms with Crippen molar-refractivity contribution in [3.05, 3.63) is 59.1 Å². The van der Waals surface area contributed by atoms with Gasteiger partial charge in [-0.3, -0.25) is 4.79 Å². The summed E-state index contributed by atoms with van der Waals surface area (Å²) in [5, 5.41) is 3.55. The van der Waals surface area contributed by atoms with E-state index in [4.69, 9.17) is 11.6 Å². The second-order valence-corrected chi connectivity index (χ2v) is 4.38. The lowest BCUT2D eigenvalue weighted by Gasteiger charge is -2.03. The Morgan fingerprint density at radius 3 is 2.61 bits per heavy atom. The first-order valence-corrected chi connectivity index (χ1v) is 5.87. The van der Waals surface area contributed by atoms with E-state index in [1.807, 2.05) is 30.3 Å². The van der Waals surface area contributed by atoms with E-state index >= 15 is 0 Å². The minimum absolute atomic E-state index is 0.128. The van der Waals surface area contributed by atoms with Crippen molar-refractivity contribution in [2.45, 2.75) is 0 Å². The highest BCUT2D eigenvalue weighted by atomic mass is 35.5. The molecule has 0 saturated heterocycles. The summed E-state index contributed by atoms with van der Waals surface area (Å²) in [4.78, 5) is 16.4. The van der Waals surface area contributed by atoms with E-state index in [2.05, 4.69) is 10.3 Å². The number of rotatable bonds is 1. The Morgan fingerprint density at radius 1 is 1.06 bits per heavy atom. The first-order chi connectivity index (χ1) is 8.74. The Hall–Kier alpha value is -2.13. The molecule has 88 valence electrons. The molecule has 0 fully saturated rings. The van der Waals surface area contributed by atoms with Crippen molar-refractivity contribution in [1.82, 2.24) is 0 Å². The van der Waals surface area contributed by atoms with Crippen LogP contribution in [0.3, 0.4) is 0 Å². The molecule has 0 atom stereocenters. The van der Waals surface area contributed by atoms with Gasteiger partial charge in [-0.25, -0.2) is 4.99 Å². The lowest BCUT2D eigenvalue weighted by molar-refractivity contribution is 0.106. The number of hydrogen-bond donors (Lipinski definition) is 1. The Kier molecular flexibility index (Phi) is 2.61. The van der Waals surface area contributed by atoms with Crippen LogP contribution in [-0.4, -0.2) is 11.6 Å². The zero-order valence-corrected chi connectivity index (χ0v) is 10.1. The maximum atomic E-state index is 12.1. The van der Waals surface area contributed by atoms with Crippen LogP contribution in [0.4, 0.5) is 11.4 Å². The van der Waals surface area contributed by atoms with E-state index in [-0.39, 0.29) is 5.78 Å². The first kappa shape index (κ1) is 11.0. The van der Waals surface area contributed by atoms with Gasteiger partial charge in [-0.15, -0.1) is 0 Å². The van der Waals surface area contributed by atoms with Crippen LogP contribution >= 0.6 is 11.6 Å². The normalized spacial score (nSPS) is 13.2. The van der Waals surface area contributed by atoms with Crippen LogP contribution in [0.2, 0.25) is 5.02 Å². The topological polar surface area (TPSA) is 41.5 Å². The largest absolute Gasteiger partial charge is 0.337 e. The van der Waals surface area contributed by atoms with Gasteiger partial charge in [0.2, 0.25) is 5.78 Å². The third-order valence-corrected chi connectivity index (χ3v) is 2.92. The second kappa shape index (κ2) is 4.27. The molecule has 0 unspecified atom stereocenters. The number of anilines is 1. The van der Waals surface area contributed by atoms with Crippen LogP contribution in [0, 0.1) is 0 Å². The highest BCUT2D eigenvalue weighted by molar-refractivity contribution is 6.52. The second-order valence-electron chi connectivity index (χ2n) is 3.94. The molecule has 2 aromatic carbocycles. The Labute approximate surface area is 109 Å². The number of benzene rings is 2. The molecule has 0 radical (unpaired) electrons. The lowest BCUT2D eigenvalue weighted by Crippen LogP contribution is -2.19. The maximum absolute atomic E-state index is 12.1. The minimum atomic E-state index is -0.128. The van der Waals surface area contributed by atoms with E-state index in [1.165, 1.54) is 0 Å². The Balaban J connectivity index is 1.92. The molecule has 3 nitrogen and oxygen atoms in total. The highest BCUT2D eigenvalue weighted by Crippen LogP contribution is 2.29. The van der Waals surface area contributed by atoms with Gasteiger partial charge < -0.3 is 5.32 Å². The molecule has 0 aliphatic carbocycles. The van der Waals surface area contributed by atoms with Crippen LogP contribution in [0.25, 0.3) is 0 Å². The summed E-state index contributed by atoms with van der Waals surface area (Å²) in [6, 6.07) is 14.6. The third kappa shape index (κ3) is 1.89. The van der Waals surface area contributed by atoms with Gasteiger partial charge in [0.25, 0.3) is 0 Å². The fraction of sp³-hybridized carbons (Fsp3) is 0. The number of aliphatic imine (C=N–C) groups is 1. The number of fused-ring (bicyclic) bond motifs is 1. The predicted molar refractivity (Wildman–Crippen MR) is 72.9 cm³/mol. The highest BCUT2D eigenvalue weighted by Gasteiger charge is 2.24.